The molecule has 2 aromatic rings. The third-order valence-corrected chi connectivity index (χ3v) is 4.60. The maximum atomic E-state index is 10.1. The highest BCUT2D eigenvalue weighted by atomic mass is 35.5. The van der Waals surface area contributed by atoms with Crippen LogP contribution in [-0.4, -0.2) is 11.1 Å². The third-order valence-electron chi connectivity index (χ3n) is 4.60. The standard InChI is InChI=1S/C18H23NO.ClH/c1-13-6-9-15(10-7-13)19-12-17-16-5-3-2-4-14(16)8-11-18(17)20;/h2-5,8,11,13,15,19-20H,6-7,9-10,12H2,1H3;1H. The van der Waals surface area contributed by atoms with Crippen molar-refractivity contribution in [3.63, 3.8) is 0 Å². The molecule has 0 saturated heterocycles. The minimum Gasteiger partial charge on any atom is -0.508 e. The molecule has 3 heteroatoms. The first-order chi connectivity index (χ1) is 9.74. The minimum absolute atomic E-state index is 0. The number of hydrogen-bond donors (Lipinski definition) is 2. The Morgan fingerprint density at radius 2 is 1.76 bits per heavy atom. The Balaban J connectivity index is 0.00000161. The fraction of sp³-hybridized carbons (Fsp3) is 0.444. The van der Waals surface area contributed by atoms with Crippen LogP contribution in [0.3, 0.4) is 0 Å². The van der Waals surface area contributed by atoms with Crippen LogP contribution in [0.25, 0.3) is 10.8 Å². The molecule has 21 heavy (non-hydrogen) atoms. The van der Waals surface area contributed by atoms with Crippen molar-refractivity contribution in [2.24, 2.45) is 5.92 Å². The summed E-state index contributed by atoms with van der Waals surface area (Å²) in [6.07, 6.45) is 5.15. The molecule has 0 radical (unpaired) electrons. The number of fused-ring (bicyclic) bond motifs is 1. The zero-order chi connectivity index (χ0) is 13.9. The van der Waals surface area contributed by atoms with E-state index in [4.69, 9.17) is 0 Å². The van der Waals surface area contributed by atoms with Crippen LogP contribution in [0.1, 0.15) is 38.2 Å². The molecule has 2 N–H and O–H groups in total. The highest BCUT2D eigenvalue weighted by Gasteiger charge is 2.18. The SMILES string of the molecule is CC1CCC(NCc2c(O)ccc3ccccc23)CC1.Cl. The molecule has 0 unspecified atom stereocenters. The Morgan fingerprint density at radius 3 is 2.52 bits per heavy atom. The van der Waals surface area contributed by atoms with Crippen LogP contribution in [-0.2, 0) is 6.54 Å². The third kappa shape index (κ3) is 3.69. The van der Waals surface area contributed by atoms with Crippen molar-refractivity contribution >= 4 is 23.2 Å². The van der Waals surface area contributed by atoms with Gasteiger partial charge in [-0.25, -0.2) is 0 Å². The summed E-state index contributed by atoms with van der Waals surface area (Å²) in [5.41, 5.74) is 1.03. The van der Waals surface area contributed by atoms with Crippen LogP contribution in [0.4, 0.5) is 0 Å². The van der Waals surface area contributed by atoms with Gasteiger partial charge in [0.05, 0.1) is 0 Å². The van der Waals surface area contributed by atoms with E-state index in [0.29, 0.717) is 11.8 Å². The zero-order valence-electron chi connectivity index (χ0n) is 12.5. The van der Waals surface area contributed by atoms with Crippen molar-refractivity contribution in [1.82, 2.24) is 5.32 Å². The van der Waals surface area contributed by atoms with E-state index in [-0.39, 0.29) is 12.4 Å². The lowest BCUT2D eigenvalue weighted by Crippen LogP contribution is -2.32. The Bertz CT molecular complexity index is 591. The van der Waals surface area contributed by atoms with E-state index in [1.807, 2.05) is 24.3 Å². The van der Waals surface area contributed by atoms with Crippen LogP contribution in [0.2, 0.25) is 0 Å². The Labute approximate surface area is 133 Å². The van der Waals surface area contributed by atoms with Gasteiger partial charge in [-0.15, -0.1) is 12.4 Å². The summed E-state index contributed by atoms with van der Waals surface area (Å²) < 4.78 is 0. The summed E-state index contributed by atoms with van der Waals surface area (Å²) in [6.45, 7) is 3.10. The molecule has 2 aromatic carbocycles. The summed E-state index contributed by atoms with van der Waals surface area (Å²) in [6, 6.07) is 12.7. The normalized spacial score (nSPS) is 22.0. The molecule has 1 fully saturated rings. The van der Waals surface area contributed by atoms with Gasteiger partial charge in [0, 0.05) is 18.2 Å². The average Bonchev–Trinajstić information content (AvgIpc) is 2.48. The molecule has 0 aliphatic heterocycles. The predicted molar refractivity (Wildman–Crippen MR) is 91.1 cm³/mol. The summed E-state index contributed by atoms with van der Waals surface area (Å²) in [4.78, 5) is 0. The van der Waals surface area contributed by atoms with Crippen molar-refractivity contribution < 1.29 is 5.11 Å². The number of nitrogens with one attached hydrogen (secondary N) is 1. The topological polar surface area (TPSA) is 32.3 Å². The van der Waals surface area contributed by atoms with Crippen molar-refractivity contribution in [1.29, 1.82) is 0 Å². The number of aromatic hydroxyl groups is 1. The van der Waals surface area contributed by atoms with Gasteiger partial charge in [0.15, 0.2) is 0 Å². The molecular weight excluding hydrogens is 282 g/mol. The molecule has 2 nitrogen and oxygen atoms in total. The van der Waals surface area contributed by atoms with Crippen LogP contribution in [0, 0.1) is 5.92 Å². The number of benzene rings is 2. The monoisotopic (exact) mass is 305 g/mol. The smallest absolute Gasteiger partial charge is 0.120 e. The van der Waals surface area contributed by atoms with Gasteiger partial charge in [-0.1, -0.05) is 37.3 Å². The number of hydrogen-bond acceptors (Lipinski definition) is 2. The highest BCUT2D eigenvalue weighted by Crippen LogP contribution is 2.28. The van der Waals surface area contributed by atoms with Gasteiger partial charge in [0.2, 0.25) is 0 Å². The predicted octanol–water partition coefficient (Wildman–Crippen LogP) is 4.64. The summed E-state index contributed by atoms with van der Waals surface area (Å²) in [7, 11) is 0. The summed E-state index contributed by atoms with van der Waals surface area (Å²) >= 11 is 0. The number of rotatable bonds is 3. The Kier molecular flexibility index (Phi) is 5.49. The van der Waals surface area contributed by atoms with E-state index in [0.717, 1.165) is 23.4 Å². The largest absolute Gasteiger partial charge is 0.508 e. The lowest BCUT2D eigenvalue weighted by Gasteiger charge is -2.27. The molecule has 0 amide bonds. The molecule has 1 aliphatic rings. The first-order valence-corrected chi connectivity index (χ1v) is 7.67. The van der Waals surface area contributed by atoms with Crippen LogP contribution >= 0.6 is 12.4 Å². The summed E-state index contributed by atoms with van der Waals surface area (Å²) in [5.74, 6) is 1.28. The van der Waals surface area contributed by atoms with Crippen LogP contribution in [0.15, 0.2) is 36.4 Å². The maximum Gasteiger partial charge on any atom is 0.120 e. The molecule has 0 spiro atoms. The lowest BCUT2D eigenvalue weighted by atomic mass is 9.87. The second kappa shape index (κ2) is 7.15. The molecule has 0 aromatic heterocycles. The van der Waals surface area contributed by atoms with E-state index in [9.17, 15) is 5.11 Å². The van der Waals surface area contributed by atoms with E-state index in [2.05, 4.69) is 24.4 Å². The van der Waals surface area contributed by atoms with Crippen molar-refractivity contribution in [2.45, 2.75) is 45.2 Å². The zero-order valence-corrected chi connectivity index (χ0v) is 13.3. The Hall–Kier alpha value is -1.25. The molecule has 0 heterocycles. The van der Waals surface area contributed by atoms with Crippen molar-refractivity contribution in [3.05, 3.63) is 42.0 Å². The number of phenolic OH excluding ortho intramolecular Hbond substituents is 1. The fourth-order valence-electron chi connectivity index (χ4n) is 3.22. The van der Waals surface area contributed by atoms with Crippen LogP contribution < -0.4 is 5.32 Å². The Morgan fingerprint density at radius 1 is 1.05 bits per heavy atom. The average molecular weight is 306 g/mol. The fourth-order valence-corrected chi connectivity index (χ4v) is 3.22. The maximum absolute atomic E-state index is 10.1. The van der Waals surface area contributed by atoms with E-state index < -0.39 is 0 Å². The molecule has 114 valence electrons. The van der Waals surface area contributed by atoms with Crippen molar-refractivity contribution in [3.8, 4) is 5.75 Å². The van der Waals surface area contributed by atoms with Crippen LogP contribution in [0.5, 0.6) is 5.75 Å². The van der Waals surface area contributed by atoms with Gasteiger partial charge in [-0.05, 0) is 48.4 Å². The van der Waals surface area contributed by atoms with E-state index in [1.54, 1.807) is 0 Å². The molecule has 1 saturated carbocycles. The highest BCUT2D eigenvalue weighted by molar-refractivity contribution is 5.87. The van der Waals surface area contributed by atoms with E-state index in [1.165, 1.54) is 31.1 Å². The van der Waals surface area contributed by atoms with Gasteiger partial charge in [0.1, 0.15) is 5.75 Å². The van der Waals surface area contributed by atoms with Gasteiger partial charge in [-0.2, -0.15) is 0 Å². The molecule has 0 atom stereocenters. The minimum atomic E-state index is 0. The first-order valence-electron chi connectivity index (χ1n) is 7.67. The lowest BCUT2D eigenvalue weighted by molar-refractivity contribution is 0.306. The van der Waals surface area contributed by atoms with Gasteiger partial charge < -0.3 is 10.4 Å². The van der Waals surface area contributed by atoms with E-state index >= 15 is 0 Å². The van der Waals surface area contributed by atoms with Gasteiger partial charge >= 0.3 is 0 Å². The number of halogens is 1. The molecule has 0 bridgehead atoms. The van der Waals surface area contributed by atoms with Crippen molar-refractivity contribution in [2.75, 3.05) is 0 Å². The summed E-state index contributed by atoms with van der Waals surface area (Å²) in [5, 5.41) is 16.1. The second-order valence-corrected chi connectivity index (χ2v) is 6.12. The first kappa shape index (κ1) is 16.1. The molecular formula is C18H24ClNO. The molecule has 1 aliphatic carbocycles. The number of phenols is 1. The second-order valence-electron chi connectivity index (χ2n) is 6.12. The molecule has 3 rings (SSSR count). The van der Waals surface area contributed by atoms with Gasteiger partial charge in [0.25, 0.3) is 0 Å². The van der Waals surface area contributed by atoms with Gasteiger partial charge in [-0.3, -0.25) is 0 Å². The quantitative estimate of drug-likeness (QED) is 0.866.